The Bertz CT molecular complexity index is 772. The van der Waals surface area contributed by atoms with E-state index in [1.807, 2.05) is 25.1 Å². The summed E-state index contributed by atoms with van der Waals surface area (Å²) < 4.78 is 16.2. The molecular formula is C20H28N4O3. The van der Waals surface area contributed by atoms with Crippen LogP contribution in [-0.2, 0) is 0 Å². The van der Waals surface area contributed by atoms with Gasteiger partial charge in [-0.05, 0) is 25.7 Å². The van der Waals surface area contributed by atoms with Crippen LogP contribution in [0.25, 0.3) is 0 Å². The molecule has 1 atom stereocenters. The summed E-state index contributed by atoms with van der Waals surface area (Å²) in [6.07, 6.45) is 2.47. The molecule has 0 radical (unpaired) electrons. The molecule has 1 aliphatic rings. The third-order valence-electron chi connectivity index (χ3n) is 4.74. The van der Waals surface area contributed by atoms with Gasteiger partial charge in [0, 0.05) is 37.0 Å². The number of benzene rings is 1. The summed E-state index contributed by atoms with van der Waals surface area (Å²) in [5.41, 5.74) is 0.806. The Balaban J connectivity index is 1.89. The van der Waals surface area contributed by atoms with E-state index in [0.717, 1.165) is 36.2 Å². The molecule has 1 unspecified atom stereocenters. The molecule has 1 saturated heterocycles. The first kappa shape index (κ1) is 19.1. The fraction of sp³-hybridized carbons (Fsp3) is 0.500. The van der Waals surface area contributed by atoms with Gasteiger partial charge in [-0.3, -0.25) is 0 Å². The number of aromatic nitrogens is 2. The maximum absolute atomic E-state index is 5.43. The molecule has 2 aromatic rings. The SMILES string of the molecule is COc1cc(Nc2cc(N3CCCC(C)C3)nc(C)n2)cc(OC)c1OC. The zero-order valence-corrected chi connectivity index (χ0v) is 16.7. The van der Waals surface area contributed by atoms with E-state index in [4.69, 9.17) is 14.2 Å². The highest BCUT2D eigenvalue weighted by Crippen LogP contribution is 2.40. The summed E-state index contributed by atoms with van der Waals surface area (Å²) in [5.74, 6) is 4.87. The van der Waals surface area contributed by atoms with Crippen molar-refractivity contribution in [3.63, 3.8) is 0 Å². The van der Waals surface area contributed by atoms with Crippen molar-refractivity contribution in [2.24, 2.45) is 5.92 Å². The molecule has 1 aliphatic heterocycles. The largest absolute Gasteiger partial charge is 0.493 e. The molecule has 27 heavy (non-hydrogen) atoms. The second-order valence-corrected chi connectivity index (χ2v) is 6.89. The van der Waals surface area contributed by atoms with E-state index in [1.165, 1.54) is 12.8 Å². The molecule has 0 amide bonds. The molecule has 2 heterocycles. The summed E-state index contributed by atoms with van der Waals surface area (Å²) >= 11 is 0. The molecule has 3 rings (SSSR count). The quantitative estimate of drug-likeness (QED) is 0.827. The Labute approximate surface area is 160 Å². The van der Waals surface area contributed by atoms with Crippen molar-refractivity contribution in [2.75, 3.05) is 44.6 Å². The van der Waals surface area contributed by atoms with E-state index >= 15 is 0 Å². The van der Waals surface area contributed by atoms with E-state index in [9.17, 15) is 0 Å². The van der Waals surface area contributed by atoms with Crippen LogP contribution in [0.15, 0.2) is 18.2 Å². The lowest BCUT2D eigenvalue weighted by Crippen LogP contribution is -2.35. The lowest BCUT2D eigenvalue weighted by molar-refractivity contribution is 0.324. The second kappa shape index (κ2) is 8.33. The predicted molar refractivity (Wildman–Crippen MR) is 107 cm³/mol. The minimum atomic E-state index is 0.562. The topological polar surface area (TPSA) is 68.7 Å². The van der Waals surface area contributed by atoms with Crippen molar-refractivity contribution in [1.29, 1.82) is 0 Å². The second-order valence-electron chi connectivity index (χ2n) is 6.89. The maximum atomic E-state index is 5.43. The summed E-state index contributed by atoms with van der Waals surface area (Å²) in [6, 6.07) is 5.72. The summed E-state index contributed by atoms with van der Waals surface area (Å²) in [6.45, 7) is 6.26. The first-order valence-electron chi connectivity index (χ1n) is 9.21. The van der Waals surface area contributed by atoms with E-state index in [-0.39, 0.29) is 0 Å². The first-order valence-corrected chi connectivity index (χ1v) is 9.21. The third-order valence-corrected chi connectivity index (χ3v) is 4.74. The van der Waals surface area contributed by atoms with E-state index in [0.29, 0.717) is 23.2 Å². The Morgan fingerprint density at radius 3 is 2.33 bits per heavy atom. The van der Waals surface area contributed by atoms with Crippen LogP contribution in [0.1, 0.15) is 25.6 Å². The number of nitrogens with zero attached hydrogens (tertiary/aromatic N) is 3. The van der Waals surface area contributed by atoms with Gasteiger partial charge in [0.1, 0.15) is 17.5 Å². The van der Waals surface area contributed by atoms with Crippen LogP contribution < -0.4 is 24.4 Å². The van der Waals surface area contributed by atoms with Crippen molar-refractivity contribution in [3.05, 3.63) is 24.0 Å². The zero-order valence-electron chi connectivity index (χ0n) is 16.7. The number of aryl methyl sites for hydroxylation is 1. The van der Waals surface area contributed by atoms with E-state index in [2.05, 4.69) is 27.1 Å². The van der Waals surface area contributed by atoms with Crippen molar-refractivity contribution < 1.29 is 14.2 Å². The fourth-order valence-electron chi connectivity index (χ4n) is 3.48. The molecule has 0 saturated carbocycles. The van der Waals surface area contributed by atoms with Gasteiger partial charge in [0.05, 0.1) is 21.3 Å². The van der Waals surface area contributed by atoms with Crippen LogP contribution >= 0.6 is 0 Å². The van der Waals surface area contributed by atoms with Gasteiger partial charge in [-0.2, -0.15) is 0 Å². The van der Waals surface area contributed by atoms with Crippen LogP contribution in [0.4, 0.5) is 17.3 Å². The minimum Gasteiger partial charge on any atom is -0.493 e. The number of piperidine rings is 1. The number of hydrogen-bond acceptors (Lipinski definition) is 7. The minimum absolute atomic E-state index is 0.562. The Morgan fingerprint density at radius 1 is 1.04 bits per heavy atom. The average molecular weight is 372 g/mol. The molecule has 0 bridgehead atoms. The van der Waals surface area contributed by atoms with Crippen LogP contribution in [0, 0.1) is 12.8 Å². The lowest BCUT2D eigenvalue weighted by atomic mass is 10.0. The van der Waals surface area contributed by atoms with Crippen molar-refractivity contribution in [1.82, 2.24) is 9.97 Å². The Kier molecular flexibility index (Phi) is 5.88. The average Bonchev–Trinajstić information content (AvgIpc) is 2.66. The summed E-state index contributed by atoms with van der Waals surface area (Å²) in [7, 11) is 4.80. The van der Waals surface area contributed by atoms with Crippen molar-refractivity contribution in [2.45, 2.75) is 26.7 Å². The predicted octanol–water partition coefficient (Wildman–Crippen LogP) is 3.79. The maximum Gasteiger partial charge on any atom is 0.203 e. The summed E-state index contributed by atoms with van der Waals surface area (Å²) in [5, 5.41) is 3.34. The number of hydrogen-bond donors (Lipinski definition) is 1. The van der Waals surface area contributed by atoms with Gasteiger partial charge in [0.2, 0.25) is 5.75 Å². The molecule has 1 N–H and O–H groups in total. The van der Waals surface area contributed by atoms with E-state index in [1.54, 1.807) is 21.3 Å². The van der Waals surface area contributed by atoms with E-state index < -0.39 is 0 Å². The third kappa shape index (κ3) is 4.35. The van der Waals surface area contributed by atoms with Crippen LogP contribution in [-0.4, -0.2) is 44.4 Å². The van der Waals surface area contributed by atoms with Gasteiger partial charge >= 0.3 is 0 Å². The molecule has 7 heteroatoms. The van der Waals surface area contributed by atoms with Crippen LogP contribution in [0.5, 0.6) is 17.2 Å². The molecule has 146 valence electrons. The fourth-order valence-corrected chi connectivity index (χ4v) is 3.48. The zero-order chi connectivity index (χ0) is 19.4. The van der Waals surface area contributed by atoms with Gasteiger partial charge in [-0.15, -0.1) is 0 Å². The van der Waals surface area contributed by atoms with Gasteiger partial charge in [-0.1, -0.05) is 6.92 Å². The first-order chi connectivity index (χ1) is 13.0. The normalized spacial score (nSPS) is 16.8. The number of nitrogens with one attached hydrogen (secondary N) is 1. The van der Waals surface area contributed by atoms with Crippen LogP contribution in [0.3, 0.4) is 0 Å². The molecule has 1 aromatic carbocycles. The van der Waals surface area contributed by atoms with Gasteiger partial charge < -0.3 is 24.4 Å². The molecule has 0 aliphatic carbocycles. The summed E-state index contributed by atoms with van der Waals surface area (Å²) in [4.78, 5) is 11.5. The van der Waals surface area contributed by atoms with Crippen LogP contribution in [0.2, 0.25) is 0 Å². The highest BCUT2D eigenvalue weighted by Gasteiger charge is 2.19. The standard InChI is InChI=1S/C20H28N4O3/c1-13-7-6-8-24(12-13)19-11-18(21-14(2)22-19)23-15-9-16(25-3)20(27-5)17(10-15)26-4/h9-11,13H,6-8,12H2,1-5H3,(H,21,22,23). The lowest BCUT2D eigenvalue weighted by Gasteiger charge is -2.32. The van der Waals surface area contributed by atoms with Gasteiger partial charge in [0.15, 0.2) is 11.5 Å². The highest BCUT2D eigenvalue weighted by atomic mass is 16.5. The number of methoxy groups -OCH3 is 3. The molecular weight excluding hydrogens is 344 g/mol. The monoisotopic (exact) mass is 372 g/mol. The van der Waals surface area contributed by atoms with Crippen molar-refractivity contribution in [3.8, 4) is 17.2 Å². The van der Waals surface area contributed by atoms with Gasteiger partial charge in [-0.25, -0.2) is 9.97 Å². The molecule has 7 nitrogen and oxygen atoms in total. The molecule has 1 aromatic heterocycles. The highest BCUT2D eigenvalue weighted by molar-refractivity contribution is 5.67. The number of anilines is 3. The van der Waals surface area contributed by atoms with Crippen molar-refractivity contribution >= 4 is 17.3 Å². The molecule has 0 spiro atoms. The smallest absolute Gasteiger partial charge is 0.203 e. The molecule has 1 fully saturated rings. The Hall–Kier alpha value is -2.70. The Morgan fingerprint density at radius 2 is 1.74 bits per heavy atom. The number of ether oxygens (including phenoxy) is 3. The van der Waals surface area contributed by atoms with Gasteiger partial charge in [0.25, 0.3) is 0 Å². The number of rotatable bonds is 6.